The fourth-order valence-corrected chi connectivity index (χ4v) is 0.236. The van der Waals surface area contributed by atoms with Crippen LogP contribution in [-0.4, -0.2) is 17.4 Å². The standard InChI is InChI=1S/C3BrClO5/c4-10-3(8)9-2(7)1(5)6. The second kappa shape index (κ2) is 4.24. The van der Waals surface area contributed by atoms with Crippen LogP contribution in [0.4, 0.5) is 4.79 Å². The third-order valence-corrected chi connectivity index (χ3v) is 0.818. The normalized spacial score (nSPS) is 8.20. The van der Waals surface area contributed by atoms with Crippen LogP contribution in [0.1, 0.15) is 0 Å². The van der Waals surface area contributed by atoms with Gasteiger partial charge in [-0.15, -0.1) is 0 Å². The second-order valence-electron chi connectivity index (χ2n) is 0.990. The Hall–Kier alpha value is -0.620. The Morgan fingerprint density at radius 2 is 1.80 bits per heavy atom. The van der Waals surface area contributed by atoms with Crippen molar-refractivity contribution < 1.29 is 22.9 Å². The largest absolute Gasteiger partial charge is 0.528 e. The van der Waals surface area contributed by atoms with E-state index in [1.165, 1.54) is 0 Å². The summed E-state index contributed by atoms with van der Waals surface area (Å²) in [6, 6.07) is 0. The molecule has 56 valence electrons. The first-order valence-corrected chi connectivity index (χ1v) is 2.84. The molecule has 0 unspecified atom stereocenters. The molecular weight excluding hydrogens is 231 g/mol. The molecule has 0 spiro atoms. The summed E-state index contributed by atoms with van der Waals surface area (Å²) in [5.41, 5.74) is 0. The van der Waals surface area contributed by atoms with E-state index in [9.17, 15) is 14.4 Å². The van der Waals surface area contributed by atoms with Crippen molar-refractivity contribution >= 4 is 45.2 Å². The average molecular weight is 231 g/mol. The van der Waals surface area contributed by atoms with Crippen molar-refractivity contribution in [3.63, 3.8) is 0 Å². The topological polar surface area (TPSA) is 69.7 Å². The maximum absolute atomic E-state index is 10.1. The first-order chi connectivity index (χ1) is 4.57. The van der Waals surface area contributed by atoms with Crippen molar-refractivity contribution in [3.05, 3.63) is 0 Å². The molecule has 0 aromatic carbocycles. The van der Waals surface area contributed by atoms with E-state index in [0.29, 0.717) is 0 Å². The summed E-state index contributed by atoms with van der Waals surface area (Å²) in [5, 5.41) is -1.39. The fraction of sp³-hybridized carbons (Fsp3) is 0. The average Bonchev–Trinajstić information content (AvgIpc) is 1.87. The van der Waals surface area contributed by atoms with Crippen molar-refractivity contribution in [2.45, 2.75) is 0 Å². The molecule has 0 amide bonds. The van der Waals surface area contributed by atoms with Crippen LogP contribution in [0, 0.1) is 0 Å². The minimum Gasteiger partial charge on any atom is -0.353 e. The summed E-state index contributed by atoms with van der Waals surface area (Å²) in [4.78, 5) is 30.0. The van der Waals surface area contributed by atoms with Gasteiger partial charge in [-0.05, 0) is 11.6 Å². The molecule has 10 heavy (non-hydrogen) atoms. The number of carbonyl (C=O) groups is 3. The van der Waals surface area contributed by atoms with E-state index in [-0.39, 0.29) is 0 Å². The van der Waals surface area contributed by atoms with Gasteiger partial charge in [-0.25, -0.2) is 9.59 Å². The highest BCUT2D eigenvalue weighted by atomic mass is 79.9. The molecule has 0 N–H and O–H groups in total. The van der Waals surface area contributed by atoms with Gasteiger partial charge in [-0.3, -0.25) is 4.79 Å². The van der Waals surface area contributed by atoms with E-state index in [2.05, 4.69) is 36.4 Å². The summed E-state index contributed by atoms with van der Waals surface area (Å²) >= 11 is 6.80. The third-order valence-electron chi connectivity index (χ3n) is 0.400. The Morgan fingerprint density at radius 3 is 2.10 bits per heavy atom. The Bertz CT molecular complexity index is 178. The summed E-state index contributed by atoms with van der Waals surface area (Å²) in [6.07, 6.45) is -1.35. The van der Waals surface area contributed by atoms with E-state index < -0.39 is 17.4 Å². The minimum atomic E-state index is -1.48. The molecule has 0 saturated heterocycles. The van der Waals surface area contributed by atoms with Crippen LogP contribution >= 0.6 is 27.9 Å². The molecule has 0 atom stereocenters. The summed E-state index contributed by atoms with van der Waals surface area (Å²) in [7, 11) is 0. The molecule has 5 nitrogen and oxygen atoms in total. The first-order valence-electron chi connectivity index (χ1n) is 1.82. The van der Waals surface area contributed by atoms with E-state index >= 15 is 0 Å². The first kappa shape index (κ1) is 9.38. The molecule has 0 saturated carbocycles. The number of rotatable bonds is 1. The predicted octanol–water partition coefficient (Wildman–Crippen LogP) is 0.741. The van der Waals surface area contributed by atoms with Gasteiger partial charge >= 0.3 is 17.4 Å². The SMILES string of the molecule is O=C(OBr)OC(=O)C(=O)Cl. The molecule has 0 fully saturated rings. The molecule has 7 heteroatoms. The van der Waals surface area contributed by atoms with Gasteiger partial charge in [0, 0.05) is 0 Å². The molecular formula is C3BrClO5. The van der Waals surface area contributed by atoms with Gasteiger partial charge in [0.05, 0.1) is 0 Å². The predicted molar refractivity (Wildman–Crippen MR) is 32.4 cm³/mol. The highest BCUT2D eigenvalue weighted by Crippen LogP contribution is 1.93. The monoisotopic (exact) mass is 230 g/mol. The number of halogens is 2. The highest BCUT2D eigenvalue weighted by molar-refractivity contribution is 9.06. The van der Waals surface area contributed by atoms with Crippen molar-refractivity contribution in [2.75, 3.05) is 0 Å². The van der Waals surface area contributed by atoms with Gasteiger partial charge in [-0.2, -0.15) is 0 Å². The van der Waals surface area contributed by atoms with E-state index in [1.807, 2.05) is 0 Å². The van der Waals surface area contributed by atoms with Crippen molar-refractivity contribution in [3.8, 4) is 0 Å². The van der Waals surface area contributed by atoms with Crippen LogP contribution in [0.2, 0.25) is 0 Å². The van der Waals surface area contributed by atoms with Crippen LogP contribution in [-0.2, 0) is 18.2 Å². The Labute approximate surface area is 68.7 Å². The van der Waals surface area contributed by atoms with Crippen molar-refractivity contribution in [1.29, 1.82) is 0 Å². The van der Waals surface area contributed by atoms with Crippen LogP contribution in [0.15, 0.2) is 0 Å². The molecule has 0 aliphatic rings. The van der Waals surface area contributed by atoms with Crippen molar-refractivity contribution in [1.82, 2.24) is 0 Å². The Balaban J connectivity index is 3.80. The molecule has 0 aromatic rings. The third kappa shape index (κ3) is 3.41. The van der Waals surface area contributed by atoms with Gasteiger partial charge in [0.15, 0.2) is 16.3 Å². The Morgan fingerprint density at radius 1 is 1.30 bits per heavy atom. The number of carbonyl (C=O) groups excluding carboxylic acids is 3. The van der Waals surface area contributed by atoms with Gasteiger partial charge in [0.1, 0.15) is 0 Å². The zero-order chi connectivity index (χ0) is 8.15. The lowest BCUT2D eigenvalue weighted by atomic mass is 10.8. The summed E-state index contributed by atoms with van der Waals surface area (Å²) in [6.45, 7) is 0. The molecule has 0 aliphatic heterocycles. The summed E-state index contributed by atoms with van der Waals surface area (Å²) < 4.78 is 7.32. The zero-order valence-electron chi connectivity index (χ0n) is 4.30. The maximum Gasteiger partial charge on any atom is 0.528 e. The van der Waals surface area contributed by atoms with E-state index in [4.69, 9.17) is 0 Å². The molecule has 0 aromatic heterocycles. The lowest BCUT2D eigenvalue weighted by Gasteiger charge is -1.92. The quantitative estimate of drug-likeness (QED) is 0.288. The lowest BCUT2D eigenvalue weighted by Crippen LogP contribution is -2.15. The molecule has 0 aliphatic carbocycles. The van der Waals surface area contributed by atoms with Gasteiger partial charge < -0.3 is 8.57 Å². The van der Waals surface area contributed by atoms with Crippen LogP contribution in [0.25, 0.3) is 0 Å². The number of hydrogen-bond donors (Lipinski definition) is 0. The van der Waals surface area contributed by atoms with E-state index in [1.54, 1.807) is 0 Å². The van der Waals surface area contributed by atoms with Crippen LogP contribution < -0.4 is 0 Å². The zero-order valence-corrected chi connectivity index (χ0v) is 6.64. The molecule has 0 rings (SSSR count). The molecule has 0 radical (unpaired) electrons. The fourth-order valence-electron chi connectivity index (χ4n) is 0.132. The van der Waals surface area contributed by atoms with E-state index in [0.717, 1.165) is 0 Å². The van der Waals surface area contributed by atoms with Crippen LogP contribution in [0.3, 0.4) is 0 Å². The smallest absolute Gasteiger partial charge is 0.353 e. The maximum atomic E-state index is 10.1. The minimum absolute atomic E-state index is 1.35. The van der Waals surface area contributed by atoms with Gasteiger partial charge in [0.2, 0.25) is 0 Å². The number of hydrogen-bond acceptors (Lipinski definition) is 5. The summed E-state index contributed by atoms with van der Waals surface area (Å²) in [5.74, 6) is -1.48. The van der Waals surface area contributed by atoms with Crippen molar-refractivity contribution in [2.24, 2.45) is 0 Å². The lowest BCUT2D eigenvalue weighted by molar-refractivity contribution is -0.146. The molecule has 0 heterocycles. The Kier molecular flexibility index (Phi) is 3.97. The number of ether oxygens (including phenoxy) is 1. The van der Waals surface area contributed by atoms with Crippen LogP contribution in [0.5, 0.6) is 0 Å². The molecule has 0 bridgehead atoms. The highest BCUT2D eigenvalue weighted by Gasteiger charge is 2.17. The van der Waals surface area contributed by atoms with Gasteiger partial charge in [0.25, 0.3) is 0 Å². The number of esters is 1. The second-order valence-corrected chi connectivity index (χ2v) is 1.66. The van der Waals surface area contributed by atoms with Gasteiger partial charge in [-0.1, -0.05) is 0 Å².